The summed E-state index contributed by atoms with van der Waals surface area (Å²) in [6, 6.07) is 63.3. The highest BCUT2D eigenvalue weighted by Crippen LogP contribution is 2.50. The molecule has 0 saturated heterocycles. The molecule has 8 aromatic rings. The topological polar surface area (TPSA) is 3.24 Å². The Labute approximate surface area is 324 Å². The maximum Gasteiger partial charge on any atom is 0.0464 e. The highest BCUT2D eigenvalue weighted by Gasteiger charge is 2.35. The minimum absolute atomic E-state index is 0.0783. The molecule has 0 heterocycles. The van der Waals surface area contributed by atoms with E-state index >= 15 is 0 Å². The van der Waals surface area contributed by atoms with Crippen molar-refractivity contribution in [3.05, 3.63) is 210 Å². The average Bonchev–Trinajstić information content (AvgIpc) is 3.47. The van der Waals surface area contributed by atoms with E-state index in [0.29, 0.717) is 0 Å². The lowest BCUT2D eigenvalue weighted by molar-refractivity contribution is 0.660. The van der Waals surface area contributed by atoms with Crippen LogP contribution < -0.4 is 4.90 Å². The van der Waals surface area contributed by atoms with Gasteiger partial charge in [0.15, 0.2) is 0 Å². The van der Waals surface area contributed by atoms with Gasteiger partial charge in [0.1, 0.15) is 0 Å². The lowest BCUT2D eigenvalue weighted by Gasteiger charge is -2.28. The van der Waals surface area contributed by atoms with Crippen LogP contribution in [-0.2, 0) is 5.41 Å². The maximum atomic E-state index is 6.35. The van der Waals surface area contributed by atoms with Gasteiger partial charge >= 0.3 is 0 Å². The van der Waals surface area contributed by atoms with Crippen LogP contribution in [0.4, 0.5) is 11.4 Å². The van der Waals surface area contributed by atoms with Gasteiger partial charge in [0, 0.05) is 28.1 Å². The zero-order valence-corrected chi connectivity index (χ0v) is 31.4. The molecule has 9 rings (SSSR count). The standard InChI is InChI=1S/C54H41N/c1-5-38(49-34-41-22-12-13-23-44(41)46-24-14-15-25-47(46)49)29-28-37(2)55(43-31-33-53-51(36-43)48-26-16-17-27-52(48)54(53,3)4)42-30-32-45(39-18-8-6-9-19-39)50(35-42)40-20-10-7-11-21-40/h1,6-36H,2-4H3/b37-28+,38-29+. The van der Waals surface area contributed by atoms with Crippen molar-refractivity contribution >= 4 is 38.5 Å². The summed E-state index contributed by atoms with van der Waals surface area (Å²) in [7, 11) is 0. The summed E-state index contributed by atoms with van der Waals surface area (Å²) >= 11 is 0. The van der Waals surface area contributed by atoms with Crippen molar-refractivity contribution in [2.24, 2.45) is 0 Å². The van der Waals surface area contributed by atoms with Gasteiger partial charge in [-0.05, 0) is 121 Å². The van der Waals surface area contributed by atoms with Crippen LogP contribution in [0, 0.1) is 12.3 Å². The molecule has 0 N–H and O–H groups in total. The Balaban J connectivity index is 1.24. The second kappa shape index (κ2) is 13.8. The van der Waals surface area contributed by atoms with Crippen molar-refractivity contribution < 1.29 is 0 Å². The van der Waals surface area contributed by atoms with E-state index in [0.717, 1.165) is 33.6 Å². The van der Waals surface area contributed by atoms with E-state index < -0.39 is 0 Å². The second-order valence-corrected chi connectivity index (χ2v) is 14.9. The molecule has 0 fully saturated rings. The number of hydrogen-bond acceptors (Lipinski definition) is 1. The average molecular weight is 704 g/mol. The Kier molecular flexibility index (Phi) is 8.53. The SMILES string of the molecule is C#C/C(=C\C=C(/C)N(c1ccc(-c2ccccc2)c(-c2ccccc2)c1)c1ccc2c(c1)-c1ccccc1C2(C)C)c1cc2ccccc2c2ccccc12. The van der Waals surface area contributed by atoms with Crippen LogP contribution in [0.15, 0.2) is 194 Å². The second-order valence-electron chi connectivity index (χ2n) is 14.9. The van der Waals surface area contributed by atoms with Crippen molar-refractivity contribution in [2.75, 3.05) is 4.90 Å². The van der Waals surface area contributed by atoms with Gasteiger partial charge in [-0.3, -0.25) is 0 Å². The first-order valence-corrected chi connectivity index (χ1v) is 19.0. The number of terminal acetylenes is 1. The molecule has 0 spiro atoms. The van der Waals surface area contributed by atoms with Crippen molar-refractivity contribution in [3.8, 4) is 45.7 Å². The predicted octanol–water partition coefficient (Wildman–Crippen LogP) is 14.4. The summed E-state index contributed by atoms with van der Waals surface area (Å²) in [5.41, 5.74) is 15.1. The molecule has 0 amide bonds. The van der Waals surface area contributed by atoms with E-state index in [1.807, 2.05) is 0 Å². The van der Waals surface area contributed by atoms with Gasteiger partial charge in [-0.25, -0.2) is 0 Å². The normalized spacial score (nSPS) is 13.3. The summed E-state index contributed by atoms with van der Waals surface area (Å²) in [6.07, 6.45) is 10.6. The van der Waals surface area contributed by atoms with Gasteiger partial charge in [0.25, 0.3) is 0 Å². The van der Waals surface area contributed by atoms with Crippen LogP contribution in [-0.4, -0.2) is 0 Å². The van der Waals surface area contributed by atoms with Gasteiger partial charge in [-0.15, -0.1) is 6.42 Å². The summed E-state index contributed by atoms with van der Waals surface area (Å²) in [5, 5.41) is 4.75. The minimum atomic E-state index is -0.0783. The third-order valence-electron chi connectivity index (χ3n) is 11.3. The molecule has 1 heteroatoms. The highest BCUT2D eigenvalue weighted by molar-refractivity contribution is 6.13. The molecule has 262 valence electrons. The van der Waals surface area contributed by atoms with E-state index in [4.69, 9.17) is 6.42 Å². The molecule has 1 aliphatic carbocycles. The van der Waals surface area contributed by atoms with Crippen LogP contribution in [0.25, 0.3) is 60.5 Å². The molecule has 1 nitrogen and oxygen atoms in total. The van der Waals surface area contributed by atoms with Crippen molar-refractivity contribution in [2.45, 2.75) is 26.2 Å². The zero-order valence-electron chi connectivity index (χ0n) is 31.4. The number of anilines is 2. The number of fused-ring (bicyclic) bond motifs is 6. The van der Waals surface area contributed by atoms with Gasteiger partial charge in [-0.1, -0.05) is 165 Å². The molecule has 0 atom stereocenters. The Morgan fingerprint density at radius 1 is 0.509 bits per heavy atom. The molecule has 0 bridgehead atoms. The maximum absolute atomic E-state index is 6.35. The van der Waals surface area contributed by atoms with Crippen LogP contribution in [0.1, 0.15) is 37.5 Å². The van der Waals surface area contributed by atoms with E-state index in [1.165, 1.54) is 60.7 Å². The summed E-state index contributed by atoms with van der Waals surface area (Å²) < 4.78 is 0. The first-order chi connectivity index (χ1) is 26.9. The van der Waals surface area contributed by atoms with Crippen LogP contribution in [0.5, 0.6) is 0 Å². The van der Waals surface area contributed by atoms with Crippen LogP contribution in [0.2, 0.25) is 0 Å². The molecule has 0 saturated carbocycles. The van der Waals surface area contributed by atoms with Crippen molar-refractivity contribution in [3.63, 3.8) is 0 Å². The van der Waals surface area contributed by atoms with Gasteiger partial charge in [0.2, 0.25) is 0 Å². The van der Waals surface area contributed by atoms with Gasteiger partial charge < -0.3 is 4.90 Å². The summed E-state index contributed by atoms with van der Waals surface area (Å²) in [6.45, 7) is 6.84. The molecule has 55 heavy (non-hydrogen) atoms. The summed E-state index contributed by atoms with van der Waals surface area (Å²) in [5.74, 6) is 3.06. The molecule has 1 aliphatic rings. The monoisotopic (exact) mass is 703 g/mol. The Morgan fingerprint density at radius 3 is 1.80 bits per heavy atom. The smallest absolute Gasteiger partial charge is 0.0464 e. The fourth-order valence-corrected chi connectivity index (χ4v) is 8.57. The lowest BCUT2D eigenvalue weighted by atomic mass is 9.82. The molecule has 0 radical (unpaired) electrons. The molecular weight excluding hydrogens is 663 g/mol. The first kappa shape index (κ1) is 33.9. The Bertz CT molecular complexity index is 2850. The van der Waals surface area contributed by atoms with E-state index in [2.05, 4.69) is 220 Å². The molecule has 0 unspecified atom stereocenters. The van der Waals surface area contributed by atoms with E-state index in [-0.39, 0.29) is 5.41 Å². The third-order valence-corrected chi connectivity index (χ3v) is 11.3. The van der Waals surface area contributed by atoms with Crippen molar-refractivity contribution in [1.82, 2.24) is 0 Å². The first-order valence-electron chi connectivity index (χ1n) is 19.0. The number of hydrogen-bond donors (Lipinski definition) is 0. The molecule has 8 aromatic carbocycles. The summed E-state index contributed by atoms with van der Waals surface area (Å²) in [4.78, 5) is 2.37. The Morgan fingerprint density at radius 2 is 1.07 bits per heavy atom. The van der Waals surface area contributed by atoms with Gasteiger partial charge in [-0.2, -0.15) is 0 Å². The van der Waals surface area contributed by atoms with E-state index in [1.54, 1.807) is 0 Å². The fourth-order valence-electron chi connectivity index (χ4n) is 8.57. The number of rotatable bonds is 7. The number of benzene rings is 8. The van der Waals surface area contributed by atoms with Gasteiger partial charge in [0.05, 0.1) is 0 Å². The molecular formula is C54H41N. The van der Waals surface area contributed by atoms with Crippen LogP contribution >= 0.6 is 0 Å². The largest absolute Gasteiger partial charge is 0.314 e. The predicted molar refractivity (Wildman–Crippen MR) is 235 cm³/mol. The zero-order chi connectivity index (χ0) is 37.5. The third kappa shape index (κ3) is 5.94. The minimum Gasteiger partial charge on any atom is -0.314 e. The lowest BCUT2D eigenvalue weighted by Crippen LogP contribution is -2.16. The van der Waals surface area contributed by atoms with E-state index in [9.17, 15) is 0 Å². The quantitative estimate of drug-likeness (QED) is 0.0907. The number of allylic oxidation sites excluding steroid dienone is 4. The number of nitrogens with zero attached hydrogens (tertiary/aromatic N) is 1. The highest BCUT2D eigenvalue weighted by atomic mass is 15.1. The van der Waals surface area contributed by atoms with Crippen molar-refractivity contribution in [1.29, 1.82) is 0 Å². The van der Waals surface area contributed by atoms with Crippen LogP contribution in [0.3, 0.4) is 0 Å². The Hall–Kier alpha value is -6.88. The fraction of sp³-hybridized carbons (Fsp3) is 0.0741. The molecule has 0 aromatic heterocycles. The molecule has 0 aliphatic heterocycles.